The molecule has 248 valence electrons. The second-order valence-corrected chi connectivity index (χ2v) is 15.9. The highest BCUT2D eigenvalue weighted by atomic mass is 14.5. The molecule has 0 radical (unpaired) electrons. The van der Waals surface area contributed by atoms with Gasteiger partial charge in [0.1, 0.15) is 0 Å². The standard InChI is InChI=1S/C52H40/c1-51(2)44-22-10-9-20-41(44)50-42(21-14-24-46(50)51)49-39-19-7-6-18-38(39)48(40-28-25-34(31-43(40)49)33-15-4-3-5-16-33)35-26-27-37-36-17-8-11-23-45(36)52(47(37)32-35)29-12-13-30-52/h3-11,14-28,31-32H,12-13,29-30H2,1-2H3. The number of fused-ring (bicyclic) bond motifs is 10. The van der Waals surface area contributed by atoms with Crippen LogP contribution in [-0.2, 0) is 10.8 Å². The zero-order valence-corrected chi connectivity index (χ0v) is 29.8. The third kappa shape index (κ3) is 3.98. The maximum absolute atomic E-state index is 2.59. The van der Waals surface area contributed by atoms with Crippen molar-refractivity contribution >= 4 is 21.5 Å². The van der Waals surface area contributed by atoms with Gasteiger partial charge in [0.15, 0.2) is 0 Å². The van der Waals surface area contributed by atoms with E-state index in [1.807, 2.05) is 0 Å². The lowest BCUT2D eigenvalue weighted by molar-refractivity contribution is 0.550. The van der Waals surface area contributed by atoms with Crippen molar-refractivity contribution in [1.82, 2.24) is 0 Å². The fourth-order valence-corrected chi connectivity index (χ4v) is 10.7. The van der Waals surface area contributed by atoms with Crippen LogP contribution in [0, 0.1) is 0 Å². The molecule has 11 rings (SSSR count). The highest BCUT2D eigenvalue weighted by Gasteiger charge is 2.45. The van der Waals surface area contributed by atoms with Gasteiger partial charge in [0.2, 0.25) is 0 Å². The van der Waals surface area contributed by atoms with Crippen LogP contribution in [0.1, 0.15) is 61.8 Å². The van der Waals surface area contributed by atoms with Crippen molar-refractivity contribution in [2.75, 3.05) is 0 Å². The summed E-state index contributed by atoms with van der Waals surface area (Å²) in [6, 6.07) is 60.1. The number of hydrogen-bond acceptors (Lipinski definition) is 0. The van der Waals surface area contributed by atoms with E-state index in [1.54, 1.807) is 5.56 Å². The molecule has 0 bridgehead atoms. The smallest absolute Gasteiger partial charge is 0.0215 e. The van der Waals surface area contributed by atoms with Gasteiger partial charge >= 0.3 is 0 Å². The van der Waals surface area contributed by atoms with Crippen LogP contribution in [0.3, 0.4) is 0 Å². The minimum Gasteiger partial charge on any atom is -0.0622 e. The van der Waals surface area contributed by atoms with E-state index in [1.165, 1.54) is 120 Å². The first-order valence-corrected chi connectivity index (χ1v) is 19.1. The first kappa shape index (κ1) is 30.0. The molecule has 0 heterocycles. The number of benzene rings is 8. The van der Waals surface area contributed by atoms with Gasteiger partial charge in [-0.25, -0.2) is 0 Å². The van der Waals surface area contributed by atoms with Gasteiger partial charge in [-0.1, -0.05) is 172 Å². The quantitative estimate of drug-likeness (QED) is 0.165. The van der Waals surface area contributed by atoms with Gasteiger partial charge in [-0.2, -0.15) is 0 Å². The molecule has 0 heteroatoms. The predicted molar refractivity (Wildman–Crippen MR) is 220 cm³/mol. The Balaban J connectivity index is 1.25. The largest absolute Gasteiger partial charge is 0.0622 e. The van der Waals surface area contributed by atoms with E-state index >= 15 is 0 Å². The third-order valence-electron chi connectivity index (χ3n) is 13.0. The topological polar surface area (TPSA) is 0 Å². The van der Waals surface area contributed by atoms with Crippen molar-refractivity contribution in [2.24, 2.45) is 0 Å². The Morgan fingerprint density at radius 3 is 1.75 bits per heavy atom. The fourth-order valence-electron chi connectivity index (χ4n) is 10.7. The Morgan fingerprint density at radius 2 is 0.942 bits per heavy atom. The van der Waals surface area contributed by atoms with Gasteiger partial charge < -0.3 is 0 Å². The summed E-state index contributed by atoms with van der Waals surface area (Å²) in [7, 11) is 0. The Bertz CT molecular complexity index is 2750. The van der Waals surface area contributed by atoms with E-state index < -0.39 is 0 Å². The van der Waals surface area contributed by atoms with E-state index in [4.69, 9.17) is 0 Å². The molecule has 52 heavy (non-hydrogen) atoms. The fraction of sp³-hybridized carbons (Fsp3) is 0.154. The van der Waals surface area contributed by atoms with Gasteiger partial charge in [0.05, 0.1) is 0 Å². The molecular formula is C52H40. The molecule has 0 nitrogen and oxygen atoms in total. The van der Waals surface area contributed by atoms with Gasteiger partial charge in [-0.15, -0.1) is 0 Å². The Labute approximate surface area is 306 Å². The second kappa shape index (κ2) is 10.9. The Hall–Kier alpha value is -5.72. The number of rotatable bonds is 3. The summed E-state index contributed by atoms with van der Waals surface area (Å²) in [5, 5.41) is 5.25. The lowest BCUT2D eigenvalue weighted by atomic mass is 9.75. The summed E-state index contributed by atoms with van der Waals surface area (Å²) in [6.07, 6.45) is 5.06. The summed E-state index contributed by atoms with van der Waals surface area (Å²) in [5.41, 5.74) is 19.4. The van der Waals surface area contributed by atoms with Crippen LogP contribution in [0.4, 0.5) is 0 Å². The minimum absolute atomic E-state index is 0.0686. The van der Waals surface area contributed by atoms with Crippen molar-refractivity contribution < 1.29 is 0 Å². The van der Waals surface area contributed by atoms with E-state index in [-0.39, 0.29) is 10.8 Å². The summed E-state index contributed by atoms with van der Waals surface area (Å²) >= 11 is 0. The van der Waals surface area contributed by atoms with Crippen molar-refractivity contribution in [1.29, 1.82) is 0 Å². The van der Waals surface area contributed by atoms with Crippen LogP contribution in [-0.4, -0.2) is 0 Å². The maximum atomic E-state index is 2.59. The Kier molecular flexibility index (Phi) is 6.28. The van der Waals surface area contributed by atoms with E-state index in [0.717, 1.165) is 0 Å². The summed E-state index contributed by atoms with van der Waals surface area (Å²) in [4.78, 5) is 0. The van der Waals surface area contributed by atoms with Gasteiger partial charge in [0, 0.05) is 10.8 Å². The molecule has 3 aliphatic rings. The van der Waals surface area contributed by atoms with Gasteiger partial charge in [0.25, 0.3) is 0 Å². The minimum atomic E-state index is -0.0686. The zero-order valence-electron chi connectivity index (χ0n) is 29.8. The van der Waals surface area contributed by atoms with E-state index in [2.05, 4.69) is 172 Å². The molecule has 8 aromatic carbocycles. The Morgan fingerprint density at radius 1 is 0.346 bits per heavy atom. The molecule has 0 saturated heterocycles. The lowest BCUT2D eigenvalue weighted by Gasteiger charge is -2.27. The second-order valence-electron chi connectivity index (χ2n) is 15.9. The predicted octanol–water partition coefficient (Wildman–Crippen LogP) is 14.1. The molecule has 8 aromatic rings. The molecule has 3 aliphatic carbocycles. The molecule has 0 amide bonds. The third-order valence-corrected chi connectivity index (χ3v) is 13.0. The van der Waals surface area contributed by atoms with Crippen LogP contribution in [0.2, 0.25) is 0 Å². The average molecular weight is 665 g/mol. The molecule has 0 aliphatic heterocycles. The van der Waals surface area contributed by atoms with Crippen LogP contribution in [0.5, 0.6) is 0 Å². The van der Waals surface area contributed by atoms with Gasteiger partial charge in [-0.3, -0.25) is 0 Å². The van der Waals surface area contributed by atoms with Crippen LogP contribution >= 0.6 is 0 Å². The van der Waals surface area contributed by atoms with Crippen molar-refractivity contribution in [3.63, 3.8) is 0 Å². The monoisotopic (exact) mass is 664 g/mol. The first-order chi connectivity index (χ1) is 25.5. The first-order valence-electron chi connectivity index (χ1n) is 19.1. The van der Waals surface area contributed by atoms with Crippen LogP contribution in [0.15, 0.2) is 158 Å². The van der Waals surface area contributed by atoms with Gasteiger partial charge in [-0.05, 0) is 124 Å². The highest BCUT2D eigenvalue weighted by molar-refractivity contribution is 6.23. The maximum Gasteiger partial charge on any atom is 0.0215 e. The SMILES string of the molecule is CC1(C)c2ccccc2-c2c(-c3c4ccccc4c(-c4ccc5c(c4)C4(CCCC4)c4ccccc4-5)c4ccc(-c5ccccc5)cc34)cccc21. The molecular weight excluding hydrogens is 625 g/mol. The summed E-state index contributed by atoms with van der Waals surface area (Å²) < 4.78 is 0. The molecule has 0 atom stereocenters. The van der Waals surface area contributed by atoms with Crippen LogP contribution < -0.4 is 0 Å². The van der Waals surface area contributed by atoms with E-state index in [0.29, 0.717) is 0 Å². The van der Waals surface area contributed by atoms with E-state index in [9.17, 15) is 0 Å². The molecule has 1 saturated carbocycles. The molecule has 1 spiro atoms. The molecule has 0 aromatic heterocycles. The highest BCUT2D eigenvalue weighted by Crippen LogP contribution is 2.59. The zero-order chi connectivity index (χ0) is 34.6. The molecule has 0 N–H and O–H groups in total. The molecule has 0 unspecified atom stereocenters. The van der Waals surface area contributed by atoms with Crippen LogP contribution in [0.25, 0.3) is 77.2 Å². The van der Waals surface area contributed by atoms with Crippen molar-refractivity contribution in [3.8, 4) is 55.6 Å². The summed E-state index contributed by atoms with van der Waals surface area (Å²) in [6.45, 7) is 4.77. The normalized spacial score (nSPS) is 15.9. The number of hydrogen-bond donors (Lipinski definition) is 0. The van der Waals surface area contributed by atoms with Crippen molar-refractivity contribution in [3.05, 3.63) is 180 Å². The molecule has 1 fully saturated rings. The van der Waals surface area contributed by atoms with Crippen molar-refractivity contribution in [2.45, 2.75) is 50.4 Å². The summed E-state index contributed by atoms with van der Waals surface area (Å²) in [5.74, 6) is 0. The lowest BCUT2D eigenvalue weighted by Crippen LogP contribution is -2.20. The average Bonchev–Trinajstić information content (AvgIpc) is 3.86.